The van der Waals surface area contributed by atoms with Crippen LogP contribution in [0.25, 0.3) is 11.1 Å². The Morgan fingerprint density at radius 1 is 1.06 bits per heavy atom. The van der Waals surface area contributed by atoms with Gasteiger partial charge in [-0.05, 0) is 54.7 Å². The number of fused-ring (bicyclic) bond motifs is 1. The Kier molecular flexibility index (Phi) is 7.05. The summed E-state index contributed by atoms with van der Waals surface area (Å²) in [5, 5.41) is 0. The Bertz CT molecular complexity index is 1180. The van der Waals surface area contributed by atoms with Crippen LogP contribution >= 0.6 is 0 Å². The molecule has 1 amide bonds. The van der Waals surface area contributed by atoms with Crippen LogP contribution in [-0.4, -0.2) is 43.3 Å². The van der Waals surface area contributed by atoms with Crippen molar-refractivity contribution in [2.45, 2.75) is 45.8 Å². The highest BCUT2D eigenvalue weighted by Gasteiger charge is 2.26. The Morgan fingerprint density at radius 3 is 2.66 bits per heavy atom. The molecule has 3 aromatic carbocycles. The monoisotopic (exact) mass is 471 g/mol. The molecule has 0 saturated carbocycles. The van der Waals surface area contributed by atoms with Crippen molar-refractivity contribution < 1.29 is 19.0 Å². The SMILES string of the molecule is Cc1ccc(CCC(=O)N2CCOc3c(cc(-c4ccccc4C)cc3O[C@@H]3CCOC3)C2)cc1. The Morgan fingerprint density at radius 2 is 1.89 bits per heavy atom. The smallest absolute Gasteiger partial charge is 0.223 e. The zero-order chi connectivity index (χ0) is 24.2. The zero-order valence-electron chi connectivity index (χ0n) is 20.6. The van der Waals surface area contributed by atoms with E-state index in [9.17, 15) is 4.79 Å². The third-order valence-corrected chi connectivity index (χ3v) is 6.84. The van der Waals surface area contributed by atoms with Crippen molar-refractivity contribution in [3.63, 3.8) is 0 Å². The van der Waals surface area contributed by atoms with Crippen molar-refractivity contribution in [2.24, 2.45) is 0 Å². The van der Waals surface area contributed by atoms with Gasteiger partial charge >= 0.3 is 0 Å². The van der Waals surface area contributed by atoms with E-state index in [0.29, 0.717) is 39.3 Å². The first-order chi connectivity index (χ1) is 17.1. The molecule has 0 bridgehead atoms. The molecule has 0 aromatic heterocycles. The van der Waals surface area contributed by atoms with Crippen LogP contribution in [0.1, 0.15) is 35.1 Å². The third kappa shape index (κ3) is 5.51. The van der Waals surface area contributed by atoms with Gasteiger partial charge in [-0.1, -0.05) is 54.1 Å². The van der Waals surface area contributed by atoms with Crippen LogP contribution < -0.4 is 9.47 Å². The molecule has 2 aliphatic rings. The van der Waals surface area contributed by atoms with E-state index >= 15 is 0 Å². The van der Waals surface area contributed by atoms with Crippen molar-refractivity contribution in [1.82, 2.24) is 4.90 Å². The lowest BCUT2D eigenvalue weighted by atomic mass is 9.97. The summed E-state index contributed by atoms with van der Waals surface area (Å²) in [4.78, 5) is 15.1. The molecule has 182 valence electrons. The predicted octanol–water partition coefficient (Wildman–Crippen LogP) is 5.49. The molecular formula is C30H33NO4. The summed E-state index contributed by atoms with van der Waals surface area (Å²) in [5.74, 6) is 1.64. The summed E-state index contributed by atoms with van der Waals surface area (Å²) in [5.41, 5.74) is 6.83. The molecule has 35 heavy (non-hydrogen) atoms. The van der Waals surface area contributed by atoms with Crippen molar-refractivity contribution in [1.29, 1.82) is 0 Å². The fourth-order valence-electron chi connectivity index (χ4n) is 4.79. The minimum absolute atomic E-state index is 0.0188. The van der Waals surface area contributed by atoms with Crippen molar-refractivity contribution in [2.75, 3.05) is 26.4 Å². The van der Waals surface area contributed by atoms with Gasteiger partial charge in [0.15, 0.2) is 11.5 Å². The molecule has 5 rings (SSSR count). The van der Waals surface area contributed by atoms with E-state index in [1.807, 2.05) is 11.0 Å². The summed E-state index contributed by atoms with van der Waals surface area (Å²) >= 11 is 0. The summed E-state index contributed by atoms with van der Waals surface area (Å²) < 4.78 is 18.1. The highest BCUT2D eigenvalue weighted by atomic mass is 16.6. The van der Waals surface area contributed by atoms with Crippen LogP contribution in [0.2, 0.25) is 0 Å². The molecule has 1 saturated heterocycles. The third-order valence-electron chi connectivity index (χ3n) is 6.84. The van der Waals surface area contributed by atoms with E-state index in [0.717, 1.165) is 41.0 Å². The molecule has 0 spiro atoms. The number of ether oxygens (including phenoxy) is 3. The average molecular weight is 472 g/mol. The zero-order valence-corrected chi connectivity index (χ0v) is 20.6. The first-order valence-corrected chi connectivity index (χ1v) is 12.5. The lowest BCUT2D eigenvalue weighted by Gasteiger charge is -2.21. The number of benzene rings is 3. The number of nitrogens with zero attached hydrogens (tertiary/aromatic N) is 1. The second-order valence-corrected chi connectivity index (χ2v) is 9.53. The Balaban J connectivity index is 1.41. The van der Waals surface area contributed by atoms with Crippen LogP contribution in [0.5, 0.6) is 11.5 Å². The molecule has 2 heterocycles. The Labute approximate surface area is 207 Å². The molecular weight excluding hydrogens is 438 g/mol. The van der Waals surface area contributed by atoms with Crippen LogP contribution in [0, 0.1) is 13.8 Å². The fourth-order valence-corrected chi connectivity index (χ4v) is 4.79. The van der Waals surface area contributed by atoms with E-state index in [-0.39, 0.29) is 12.0 Å². The molecule has 0 radical (unpaired) electrons. The highest BCUT2D eigenvalue weighted by Crippen LogP contribution is 2.40. The lowest BCUT2D eigenvalue weighted by Crippen LogP contribution is -2.32. The quantitative estimate of drug-likeness (QED) is 0.477. The summed E-state index contributed by atoms with van der Waals surface area (Å²) in [6, 6.07) is 21.0. The maximum Gasteiger partial charge on any atom is 0.223 e. The normalized spacial score (nSPS) is 17.4. The number of carbonyl (C=O) groups is 1. The van der Waals surface area contributed by atoms with Crippen LogP contribution in [-0.2, 0) is 22.5 Å². The number of hydrogen-bond donors (Lipinski definition) is 0. The first kappa shape index (κ1) is 23.4. The molecule has 1 fully saturated rings. The Hall–Kier alpha value is -3.31. The van der Waals surface area contributed by atoms with Gasteiger partial charge < -0.3 is 19.1 Å². The summed E-state index contributed by atoms with van der Waals surface area (Å²) in [7, 11) is 0. The average Bonchev–Trinajstić information content (AvgIpc) is 3.27. The number of rotatable bonds is 6. The number of carbonyl (C=O) groups excluding carboxylic acids is 1. The lowest BCUT2D eigenvalue weighted by molar-refractivity contribution is -0.131. The van der Waals surface area contributed by atoms with Crippen molar-refractivity contribution >= 4 is 5.91 Å². The van der Waals surface area contributed by atoms with Crippen molar-refractivity contribution in [3.05, 3.63) is 82.9 Å². The van der Waals surface area contributed by atoms with Gasteiger partial charge in [0, 0.05) is 24.9 Å². The molecule has 0 N–H and O–H groups in total. The second kappa shape index (κ2) is 10.5. The predicted molar refractivity (Wildman–Crippen MR) is 137 cm³/mol. The second-order valence-electron chi connectivity index (χ2n) is 9.53. The van der Waals surface area contributed by atoms with E-state index in [1.54, 1.807) is 0 Å². The maximum absolute atomic E-state index is 13.2. The van der Waals surface area contributed by atoms with Gasteiger partial charge in [0.25, 0.3) is 0 Å². The van der Waals surface area contributed by atoms with Gasteiger partial charge in [0.1, 0.15) is 12.7 Å². The van der Waals surface area contributed by atoms with Crippen LogP contribution in [0.4, 0.5) is 0 Å². The molecule has 5 heteroatoms. The molecule has 0 aliphatic carbocycles. The first-order valence-electron chi connectivity index (χ1n) is 12.5. The highest BCUT2D eigenvalue weighted by molar-refractivity contribution is 5.77. The minimum atomic E-state index is 0.0188. The largest absolute Gasteiger partial charge is 0.487 e. The number of amides is 1. The van der Waals surface area contributed by atoms with Crippen molar-refractivity contribution in [3.8, 4) is 22.6 Å². The summed E-state index contributed by atoms with van der Waals surface area (Å²) in [6.07, 6.45) is 2.11. The van der Waals surface area contributed by atoms with Gasteiger partial charge in [-0.2, -0.15) is 0 Å². The van der Waals surface area contributed by atoms with Gasteiger partial charge in [-0.25, -0.2) is 0 Å². The summed E-state index contributed by atoms with van der Waals surface area (Å²) in [6.45, 7) is 7.02. The van der Waals surface area contributed by atoms with E-state index < -0.39 is 0 Å². The topological polar surface area (TPSA) is 48.0 Å². The van der Waals surface area contributed by atoms with E-state index in [4.69, 9.17) is 14.2 Å². The minimum Gasteiger partial charge on any atom is -0.487 e. The van der Waals surface area contributed by atoms with E-state index in [1.165, 1.54) is 16.7 Å². The number of hydrogen-bond acceptors (Lipinski definition) is 4. The molecule has 2 aliphatic heterocycles. The molecule has 5 nitrogen and oxygen atoms in total. The standard InChI is InChI=1S/C30H33NO4/c1-21-7-9-23(10-8-21)11-12-29(32)31-14-16-34-30-25(19-31)17-24(27-6-4-3-5-22(27)2)18-28(30)35-26-13-15-33-20-26/h3-10,17-18,26H,11-16,19-20H2,1-2H3/t26-/m1/s1. The van der Waals surface area contributed by atoms with Gasteiger partial charge in [0.2, 0.25) is 5.91 Å². The van der Waals surface area contributed by atoms with Gasteiger partial charge in [-0.3, -0.25) is 4.79 Å². The molecule has 3 aromatic rings. The maximum atomic E-state index is 13.2. The van der Waals surface area contributed by atoms with Gasteiger partial charge in [-0.15, -0.1) is 0 Å². The number of aryl methyl sites for hydroxylation is 3. The van der Waals surface area contributed by atoms with Gasteiger partial charge in [0.05, 0.1) is 19.8 Å². The fraction of sp³-hybridized carbons (Fsp3) is 0.367. The van der Waals surface area contributed by atoms with Crippen LogP contribution in [0.15, 0.2) is 60.7 Å². The van der Waals surface area contributed by atoms with E-state index in [2.05, 4.69) is 68.4 Å². The molecule has 1 atom stereocenters. The molecule has 0 unspecified atom stereocenters. The van der Waals surface area contributed by atoms with Crippen LogP contribution in [0.3, 0.4) is 0 Å².